The predicted octanol–water partition coefficient (Wildman–Crippen LogP) is 1.89. The van der Waals surface area contributed by atoms with Crippen LogP contribution in [0, 0.1) is 5.41 Å². The van der Waals surface area contributed by atoms with E-state index in [9.17, 15) is 0 Å². The Kier molecular flexibility index (Phi) is 1.46. The monoisotopic (exact) mass is 189 g/mol. The molecular formula is C11H15N3. The SMILES string of the molecule is Nc1cccc2c1NCC1(CC1)CN2. The molecule has 1 fully saturated rings. The maximum atomic E-state index is 5.92. The Balaban J connectivity index is 1.96. The zero-order valence-corrected chi connectivity index (χ0v) is 8.14. The second-order valence-corrected chi connectivity index (χ2v) is 4.48. The van der Waals surface area contributed by atoms with Crippen molar-refractivity contribution in [3.8, 4) is 0 Å². The minimum Gasteiger partial charge on any atom is -0.397 e. The smallest absolute Gasteiger partial charge is 0.0809 e. The van der Waals surface area contributed by atoms with Crippen LogP contribution in [0.1, 0.15) is 12.8 Å². The van der Waals surface area contributed by atoms with Gasteiger partial charge in [0.25, 0.3) is 0 Å². The molecule has 0 amide bonds. The standard InChI is InChI=1S/C11H15N3/c12-8-2-1-3-9-10(8)14-7-11(4-5-11)6-13-9/h1-3,13-14H,4-7,12H2. The molecule has 1 aromatic carbocycles. The van der Waals surface area contributed by atoms with Crippen LogP contribution in [0.4, 0.5) is 17.1 Å². The number of para-hydroxylation sites is 1. The maximum absolute atomic E-state index is 5.92. The van der Waals surface area contributed by atoms with Gasteiger partial charge in [-0.3, -0.25) is 0 Å². The van der Waals surface area contributed by atoms with Crippen molar-refractivity contribution in [2.45, 2.75) is 12.8 Å². The minimum atomic E-state index is 0.505. The molecule has 3 heteroatoms. The summed E-state index contributed by atoms with van der Waals surface area (Å²) in [6.45, 7) is 2.14. The van der Waals surface area contributed by atoms with E-state index in [2.05, 4.69) is 16.7 Å². The molecular weight excluding hydrogens is 174 g/mol. The highest BCUT2D eigenvalue weighted by Crippen LogP contribution is 2.48. The molecule has 1 spiro atoms. The first kappa shape index (κ1) is 7.97. The molecule has 0 atom stereocenters. The van der Waals surface area contributed by atoms with Gasteiger partial charge >= 0.3 is 0 Å². The van der Waals surface area contributed by atoms with Gasteiger partial charge < -0.3 is 16.4 Å². The van der Waals surface area contributed by atoms with Gasteiger partial charge in [-0.05, 0) is 25.0 Å². The Labute approximate surface area is 83.7 Å². The number of hydrogen-bond acceptors (Lipinski definition) is 3. The molecule has 0 unspecified atom stereocenters. The van der Waals surface area contributed by atoms with Gasteiger partial charge in [0.05, 0.1) is 17.1 Å². The summed E-state index contributed by atoms with van der Waals surface area (Å²) in [5.41, 5.74) is 9.49. The predicted molar refractivity (Wildman–Crippen MR) is 59.5 cm³/mol. The Hall–Kier alpha value is -1.38. The number of nitrogens with one attached hydrogen (secondary N) is 2. The molecule has 1 aliphatic heterocycles. The van der Waals surface area contributed by atoms with Crippen molar-refractivity contribution in [1.29, 1.82) is 0 Å². The van der Waals surface area contributed by atoms with Gasteiger partial charge in [-0.25, -0.2) is 0 Å². The fourth-order valence-corrected chi connectivity index (χ4v) is 2.07. The number of nitrogen functional groups attached to an aromatic ring is 1. The van der Waals surface area contributed by atoms with Gasteiger partial charge in [-0.1, -0.05) is 6.07 Å². The molecule has 4 N–H and O–H groups in total. The fourth-order valence-electron chi connectivity index (χ4n) is 2.07. The normalized spacial score (nSPS) is 21.7. The molecule has 1 heterocycles. The molecule has 2 aliphatic rings. The van der Waals surface area contributed by atoms with Crippen molar-refractivity contribution >= 4 is 17.1 Å². The second-order valence-electron chi connectivity index (χ2n) is 4.48. The molecule has 1 saturated carbocycles. The average molecular weight is 189 g/mol. The Morgan fingerprint density at radius 2 is 1.93 bits per heavy atom. The van der Waals surface area contributed by atoms with Crippen LogP contribution >= 0.6 is 0 Å². The van der Waals surface area contributed by atoms with E-state index < -0.39 is 0 Å². The number of nitrogens with two attached hydrogens (primary N) is 1. The zero-order chi connectivity index (χ0) is 9.60. The van der Waals surface area contributed by atoms with E-state index in [4.69, 9.17) is 5.73 Å². The Morgan fingerprint density at radius 3 is 2.71 bits per heavy atom. The van der Waals surface area contributed by atoms with Crippen molar-refractivity contribution in [2.75, 3.05) is 29.5 Å². The second kappa shape index (κ2) is 2.56. The quantitative estimate of drug-likeness (QED) is 0.546. The van der Waals surface area contributed by atoms with E-state index in [1.807, 2.05) is 12.1 Å². The van der Waals surface area contributed by atoms with E-state index in [0.717, 1.165) is 30.2 Å². The molecule has 0 aromatic heterocycles. The van der Waals surface area contributed by atoms with Gasteiger partial charge in [0.15, 0.2) is 0 Å². The van der Waals surface area contributed by atoms with Crippen molar-refractivity contribution in [3.63, 3.8) is 0 Å². The van der Waals surface area contributed by atoms with Crippen LogP contribution < -0.4 is 16.4 Å². The van der Waals surface area contributed by atoms with Crippen LogP contribution in [-0.2, 0) is 0 Å². The van der Waals surface area contributed by atoms with E-state index in [1.54, 1.807) is 0 Å². The summed E-state index contributed by atoms with van der Waals surface area (Å²) >= 11 is 0. The first-order valence-electron chi connectivity index (χ1n) is 5.15. The summed E-state index contributed by atoms with van der Waals surface area (Å²) in [6, 6.07) is 6.02. The van der Waals surface area contributed by atoms with Gasteiger partial charge in [0, 0.05) is 18.5 Å². The van der Waals surface area contributed by atoms with Crippen LogP contribution in [0.2, 0.25) is 0 Å². The van der Waals surface area contributed by atoms with Crippen molar-refractivity contribution < 1.29 is 0 Å². The Morgan fingerprint density at radius 1 is 1.14 bits per heavy atom. The maximum Gasteiger partial charge on any atom is 0.0809 e. The first-order chi connectivity index (χ1) is 6.79. The fraction of sp³-hybridized carbons (Fsp3) is 0.455. The van der Waals surface area contributed by atoms with Gasteiger partial charge in [0.1, 0.15) is 0 Å². The molecule has 3 rings (SSSR count). The molecule has 74 valence electrons. The van der Waals surface area contributed by atoms with Crippen molar-refractivity contribution in [3.05, 3.63) is 18.2 Å². The summed E-state index contributed by atoms with van der Waals surface area (Å²) in [6.07, 6.45) is 2.67. The molecule has 1 aliphatic carbocycles. The van der Waals surface area contributed by atoms with E-state index >= 15 is 0 Å². The zero-order valence-electron chi connectivity index (χ0n) is 8.14. The lowest BCUT2D eigenvalue weighted by Gasteiger charge is -2.11. The van der Waals surface area contributed by atoms with Crippen LogP contribution in [0.5, 0.6) is 0 Å². The third-order valence-electron chi connectivity index (χ3n) is 3.35. The lowest BCUT2D eigenvalue weighted by molar-refractivity contribution is 0.582. The number of fused-ring (bicyclic) bond motifs is 1. The lowest BCUT2D eigenvalue weighted by atomic mass is 10.1. The number of hydrogen-bond donors (Lipinski definition) is 3. The first-order valence-corrected chi connectivity index (χ1v) is 5.15. The molecule has 3 nitrogen and oxygen atoms in total. The third-order valence-corrected chi connectivity index (χ3v) is 3.35. The van der Waals surface area contributed by atoms with Crippen LogP contribution in [-0.4, -0.2) is 13.1 Å². The highest BCUT2D eigenvalue weighted by molar-refractivity contribution is 5.81. The number of rotatable bonds is 0. The van der Waals surface area contributed by atoms with E-state index in [1.165, 1.54) is 12.8 Å². The number of anilines is 3. The highest BCUT2D eigenvalue weighted by atomic mass is 15.0. The largest absolute Gasteiger partial charge is 0.397 e. The van der Waals surface area contributed by atoms with Crippen LogP contribution in [0.3, 0.4) is 0 Å². The molecule has 0 radical (unpaired) electrons. The van der Waals surface area contributed by atoms with Crippen molar-refractivity contribution in [1.82, 2.24) is 0 Å². The summed E-state index contributed by atoms with van der Waals surface area (Å²) in [5, 5.41) is 6.93. The molecule has 1 aromatic rings. The topological polar surface area (TPSA) is 50.1 Å². The van der Waals surface area contributed by atoms with Crippen LogP contribution in [0.25, 0.3) is 0 Å². The van der Waals surface area contributed by atoms with Crippen LogP contribution in [0.15, 0.2) is 18.2 Å². The Bertz CT molecular complexity index is 369. The van der Waals surface area contributed by atoms with Gasteiger partial charge in [0.2, 0.25) is 0 Å². The summed E-state index contributed by atoms with van der Waals surface area (Å²) < 4.78 is 0. The summed E-state index contributed by atoms with van der Waals surface area (Å²) in [4.78, 5) is 0. The molecule has 0 saturated heterocycles. The summed E-state index contributed by atoms with van der Waals surface area (Å²) in [5.74, 6) is 0. The van der Waals surface area contributed by atoms with Gasteiger partial charge in [-0.15, -0.1) is 0 Å². The van der Waals surface area contributed by atoms with Crippen molar-refractivity contribution in [2.24, 2.45) is 5.41 Å². The van der Waals surface area contributed by atoms with Gasteiger partial charge in [-0.2, -0.15) is 0 Å². The highest BCUT2D eigenvalue weighted by Gasteiger charge is 2.43. The average Bonchev–Trinajstić information content (AvgIpc) is 2.96. The number of benzene rings is 1. The third kappa shape index (κ3) is 1.12. The minimum absolute atomic E-state index is 0.505. The van der Waals surface area contributed by atoms with E-state index in [-0.39, 0.29) is 0 Å². The lowest BCUT2D eigenvalue weighted by Crippen LogP contribution is -2.19. The molecule has 14 heavy (non-hydrogen) atoms. The van der Waals surface area contributed by atoms with E-state index in [0.29, 0.717) is 5.41 Å². The molecule has 0 bridgehead atoms. The summed E-state index contributed by atoms with van der Waals surface area (Å²) in [7, 11) is 0.